The minimum atomic E-state index is -0.647. The number of hydrogen-bond acceptors (Lipinski definition) is 8. The van der Waals surface area contributed by atoms with Crippen molar-refractivity contribution in [3.63, 3.8) is 0 Å². The number of pyridine rings is 2. The molecule has 1 saturated carbocycles. The number of benzene rings is 1. The second-order valence-electron chi connectivity index (χ2n) is 12.4. The lowest BCUT2D eigenvalue weighted by Gasteiger charge is -2.36. The van der Waals surface area contributed by atoms with E-state index in [1.165, 1.54) is 18.9 Å². The predicted molar refractivity (Wildman–Crippen MR) is 164 cm³/mol. The third-order valence-electron chi connectivity index (χ3n) is 8.77. The molecule has 1 aromatic carbocycles. The van der Waals surface area contributed by atoms with Gasteiger partial charge in [-0.1, -0.05) is 0 Å². The average molecular weight is 578 g/mol. The van der Waals surface area contributed by atoms with Crippen LogP contribution in [0.5, 0.6) is 5.75 Å². The quantitative estimate of drug-likeness (QED) is 0.322. The van der Waals surface area contributed by atoms with Crippen LogP contribution in [0.2, 0.25) is 0 Å². The van der Waals surface area contributed by atoms with E-state index in [-0.39, 0.29) is 12.3 Å². The predicted octanol–water partition coefficient (Wildman–Crippen LogP) is 4.97. The molecule has 1 aliphatic carbocycles. The van der Waals surface area contributed by atoms with Crippen LogP contribution >= 0.6 is 11.9 Å². The Morgan fingerprint density at radius 1 is 1.12 bits per heavy atom. The van der Waals surface area contributed by atoms with Gasteiger partial charge in [0.05, 0.1) is 44.9 Å². The Morgan fingerprint density at radius 2 is 1.88 bits per heavy atom. The molecule has 7 rings (SSSR count). The number of hydrogen-bond donors (Lipinski definition) is 1. The van der Waals surface area contributed by atoms with Crippen molar-refractivity contribution >= 4 is 45.4 Å². The average Bonchev–Trinajstić information content (AvgIpc) is 3.75. The zero-order chi connectivity index (χ0) is 28.6. The molecule has 41 heavy (non-hydrogen) atoms. The van der Waals surface area contributed by atoms with Gasteiger partial charge in [-0.25, -0.2) is 14.2 Å². The van der Waals surface area contributed by atoms with Gasteiger partial charge in [0, 0.05) is 49.3 Å². The molecule has 0 unspecified atom stereocenters. The molecule has 1 N–H and O–H groups in total. The van der Waals surface area contributed by atoms with Crippen molar-refractivity contribution in [2.45, 2.75) is 56.4 Å². The Hall–Kier alpha value is -3.31. The summed E-state index contributed by atoms with van der Waals surface area (Å²) in [6.07, 6.45) is 7.94. The summed E-state index contributed by atoms with van der Waals surface area (Å²) in [5.74, 6) is 0.880. The van der Waals surface area contributed by atoms with Crippen molar-refractivity contribution in [1.82, 2.24) is 24.0 Å². The lowest BCUT2D eigenvalue weighted by molar-refractivity contribution is 0.189. The number of aromatic nitrogens is 4. The fourth-order valence-electron chi connectivity index (χ4n) is 6.22. The summed E-state index contributed by atoms with van der Waals surface area (Å²) < 4.78 is 29.4. The van der Waals surface area contributed by atoms with Crippen molar-refractivity contribution in [1.29, 1.82) is 0 Å². The molecule has 1 saturated heterocycles. The van der Waals surface area contributed by atoms with Crippen LogP contribution in [-0.4, -0.2) is 69.1 Å². The van der Waals surface area contributed by atoms with Crippen LogP contribution in [0.4, 0.5) is 15.9 Å². The zero-order valence-electron chi connectivity index (χ0n) is 24.2. The first-order valence-corrected chi connectivity index (χ1v) is 15.2. The van der Waals surface area contributed by atoms with E-state index < -0.39 is 11.4 Å². The maximum Gasteiger partial charge on any atom is 0.329 e. The minimum Gasteiger partial charge on any atom is -0.490 e. The Bertz CT molecular complexity index is 1730. The fraction of sp³-hybridized carbons (Fsp3) is 0.500. The largest absolute Gasteiger partial charge is 0.490 e. The smallest absolute Gasteiger partial charge is 0.329 e. The van der Waals surface area contributed by atoms with Crippen LogP contribution in [0, 0.1) is 5.82 Å². The summed E-state index contributed by atoms with van der Waals surface area (Å²) in [4.78, 5) is 27.4. The highest BCUT2D eigenvalue weighted by Gasteiger charge is 2.35. The Labute approximate surface area is 242 Å². The molecule has 3 aromatic heterocycles. The monoisotopic (exact) mass is 577 g/mol. The summed E-state index contributed by atoms with van der Waals surface area (Å²) in [6.45, 7) is 5.98. The lowest BCUT2D eigenvalue weighted by atomic mass is 10.0. The maximum atomic E-state index is 16.1. The van der Waals surface area contributed by atoms with Crippen LogP contribution in [0.25, 0.3) is 33.1 Å². The number of rotatable bonds is 6. The highest BCUT2D eigenvalue weighted by molar-refractivity contribution is 8.01. The number of ether oxygens (including phenoxy) is 1. The second-order valence-corrected chi connectivity index (χ2v) is 13.5. The van der Waals surface area contributed by atoms with E-state index in [9.17, 15) is 4.79 Å². The summed E-state index contributed by atoms with van der Waals surface area (Å²) in [5.41, 5.74) is 2.94. The van der Waals surface area contributed by atoms with Gasteiger partial charge in [-0.3, -0.25) is 14.1 Å². The first-order valence-electron chi connectivity index (χ1n) is 14.3. The molecule has 3 aliphatic rings. The first kappa shape index (κ1) is 26.6. The molecular weight excluding hydrogens is 541 g/mol. The molecule has 0 spiro atoms. The van der Waals surface area contributed by atoms with Crippen LogP contribution < -0.4 is 20.0 Å². The van der Waals surface area contributed by atoms with E-state index >= 15 is 4.39 Å². The number of nitrogens with zero attached hydrogens (tertiary/aromatic N) is 6. The molecule has 0 bridgehead atoms. The number of imidazole rings is 1. The fourth-order valence-corrected chi connectivity index (χ4v) is 7.04. The Morgan fingerprint density at radius 3 is 2.59 bits per heavy atom. The third kappa shape index (κ3) is 4.35. The number of halogens is 1. The molecule has 0 atom stereocenters. The van der Waals surface area contributed by atoms with Gasteiger partial charge in [0.25, 0.3) is 0 Å². The molecule has 0 amide bonds. The van der Waals surface area contributed by atoms with Crippen LogP contribution in [-0.2, 0) is 12.6 Å². The maximum absolute atomic E-state index is 16.1. The first-order chi connectivity index (χ1) is 19.6. The number of nitrogens with one attached hydrogen (secondary N) is 1. The van der Waals surface area contributed by atoms with Gasteiger partial charge in [0.15, 0.2) is 5.82 Å². The van der Waals surface area contributed by atoms with Gasteiger partial charge in [0.2, 0.25) is 0 Å². The topological polar surface area (TPSA) is 80.5 Å². The summed E-state index contributed by atoms with van der Waals surface area (Å²) in [7, 11) is 6.03. The van der Waals surface area contributed by atoms with E-state index in [0.717, 1.165) is 43.0 Å². The van der Waals surface area contributed by atoms with Crippen molar-refractivity contribution in [3.05, 3.63) is 40.8 Å². The second kappa shape index (κ2) is 9.62. The van der Waals surface area contributed by atoms with Crippen molar-refractivity contribution in [2.75, 3.05) is 43.4 Å². The van der Waals surface area contributed by atoms with E-state index in [2.05, 4.69) is 33.6 Å². The van der Waals surface area contributed by atoms with Gasteiger partial charge in [0.1, 0.15) is 18.2 Å². The molecule has 216 valence electrons. The normalized spacial score (nSPS) is 18.9. The molecule has 9 nitrogen and oxygen atoms in total. The van der Waals surface area contributed by atoms with E-state index in [4.69, 9.17) is 9.72 Å². The SMILES string of the molecule is CN(C)C1CCN(c2ncc(-c3c(F)cc4ncc5c6c4c3OCC(C)(C)n6c(=O)n5C)cc2NSC2CC2)CC1. The standard InChI is InChI=1S/C30H36FN7O2S/c1-30(2)16-40-27-24(20(31)13-21-25(27)26-23(15-32-21)36(5)29(39)38(26)30)17-12-22(34-41-19-6-7-19)28(33-14-17)37-10-8-18(9-11-37)35(3)4/h12-15,18-19,34H,6-11,16H2,1-5H3. The Balaban J connectivity index is 1.38. The van der Waals surface area contributed by atoms with E-state index in [0.29, 0.717) is 44.6 Å². The van der Waals surface area contributed by atoms with Crippen molar-refractivity contribution in [3.8, 4) is 16.9 Å². The van der Waals surface area contributed by atoms with Gasteiger partial charge in [-0.05, 0) is 71.6 Å². The number of piperidine rings is 1. The van der Waals surface area contributed by atoms with E-state index in [1.807, 2.05) is 19.9 Å². The highest BCUT2D eigenvalue weighted by Crippen LogP contribution is 2.46. The highest BCUT2D eigenvalue weighted by atomic mass is 32.2. The van der Waals surface area contributed by atoms with Crippen LogP contribution in [0.1, 0.15) is 39.5 Å². The molecule has 2 fully saturated rings. The van der Waals surface area contributed by atoms with Crippen molar-refractivity contribution < 1.29 is 9.13 Å². The molecule has 0 radical (unpaired) electrons. The van der Waals surface area contributed by atoms with Gasteiger partial charge in [-0.15, -0.1) is 0 Å². The summed E-state index contributed by atoms with van der Waals surface area (Å²) in [5, 5.41) is 1.24. The number of aryl methyl sites for hydroxylation is 1. The summed E-state index contributed by atoms with van der Waals surface area (Å²) >= 11 is 1.72. The molecule has 11 heteroatoms. The van der Waals surface area contributed by atoms with Crippen LogP contribution in [0.3, 0.4) is 0 Å². The Kier molecular flexibility index (Phi) is 6.24. The van der Waals surface area contributed by atoms with Gasteiger partial charge >= 0.3 is 5.69 Å². The third-order valence-corrected chi connectivity index (χ3v) is 9.91. The minimum absolute atomic E-state index is 0.144. The number of anilines is 2. The molecular formula is C30H36FN7O2S. The van der Waals surface area contributed by atoms with Crippen LogP contribution in [0.15, 0.2) is 29.3 Å². The molecule has 5 heterocycles. The van der Waals surface area contributed by atoms with Gasteiger partial charge < -0.3 is 19.3 Å². The molecule has 2 aliphatic heterocycles. The van der Waals surface area contributed by atoms with E-state index in [1.54, 1.807) is 40.5 Å². The summed E-state index contributed by atoms with van der Waals surface area (Å²) in [6, 6.07) is 4.01. The van der Waals surface area contributed by atoms with Gasteiger partial charge in [-0.2, -0.15) is 0 Å². The zero-order valence-corrected chi connectivity index (χ0v) is 25.0. The van der Waals surface area contributed by atoms with Crippen molar-refractivity contribution in [2.24, 2.45) is 7.05 Å². The lowest BCUT2D eigenvalue weighted by Crippen LogP contribution is -2.42. The molecule has 4 aromatic rings.